The van der Waals surface area contributed by atoms with Gasteiger partial charge in [-0.25, -0.2) is 8.42 Å². The lowest BCUT2D eigenvalue weighted by molar-refractivity contribution is -0.384. The maximum atomic E-state index is 13.0. The van der Waals surface area contributed by atoms with E-state index in [4.69, 9.17) is 4.74 Å². The fourth-order valence-electron chi connectivity index (χ4n) is 3.67. The molecule has 0 bridgehead atoms. The molecule has 0 aliphatic carbocycles. The van der Waals surface area contributed by atoms with Crippen molar-refractivity contribution in [2.75, 3.05) is 56.9 Å². The Bertz CT molecular complexity index is 1150. The number of methoxy groups -OCH3 is 1. The second-order valence-corrected chi connectivity index (χ2v) is 9.78. The van der Waals surface area contributed by atoms with E-state index in [1.54, 1.807) is 4.90 Å². The van der Waals surface area contributed by atoms with E-state index < -0.39 is 21.5 Å². The van der Waals surface area contributed by atoms with Crippen LogP contribution in [0.3, 0.4) is 0 Å². The summed E-state index contributed by atoms with van der Waals surface area (Å²) in [5.41, 5.74) is 0.778. The first-order valence-corrected chi connectivity index (χ1v) is 12.6. The number of anilines is 1. The van der Waals surface area contributed by atoms with Crippen molar-refractivity contribution < 1.29 is 22.9 Å². The number of nitro benzene ring substituents is 1. The molecule has 1 amide bonds. The average Bonchev–Trinajstić information content (AvgIpc) is 2.82. The highest BCUT2D eigenvalue weighted by Gasteiger charge is 2.29. The SMILES string of the molecule is COc1ccc([N+](=O)[O-])cc1N(CC(=O)N1CCN(C/C=C/c2ccccc2)CC1)S(C)(=O)=O. The molecule has 0 aromatic heterocycles. The van der Waals surface area contributed by atoms with Gasteiger partial charge in [0.1, 0.15) is 18.0 Å². The second-order valence-electron chi connectivity index (χ2n) is 7.88. The first-order valence-electron chi connectivity index (χ1n) is 10.7. The molecule has 182 valence electrons. The number of hydrogen-bond donors (Lipinski definition) is 0. The van der Waals surface area contributed by atoms with Crippen LogP contribution in [0.15, 0.2) is 54.6 Å². The Hall–Kier alpha value is -3.44. The highest BCUT2D eigenvalue weighted by atomic mass is 32.2. The van der Waals surface area contributed by atoms with E-state index >= 15 is 0 Å². The molecule has 1 aliphatic rings. The summed E-state index contributed by atoms with van der Waals surface area (Å²) < 4.78 is 31.1. The second kappa shape index (κ2) is 11.1. The van der Waals surface area contributed by atoms with Crippen LogP contribution >= 0.6 is 0 Å². The van der Waals surface area contributed by atoms with E-state index in [2.05, 4.69) is 11.0 Å². The highest BCUT2D eigenvalue weighted by Crippen LogP contribution is 2.33. The molecule has 0 saturated carbocycles. The average molecular weight is 489 g/mol. The molecule has 1 aliphatic heterocycles. The summed E-state index contributed by atoms with van der Waals surface area (Å²) in [6.45, 7) is 2.51. The lowest BCUT2D eigenvalue weighted by Crippen LogP contribution is -2.51. The van der Waals surface area contributed by atoms with Crippen molar-refractivity contribution in [1.82, 2.24) is 9.80 Å². The molecule has 1 fully saturated rings. The van der Waals surface area contributed by atoms with E-state index in [1.165, 1.54) is 19.2 Å². The summed E-state index contributed by atoms with van der Waals surface area (Å²) in [5.74, 6) is -0.252. The number of carbonyl (C=O) groups is 1. The van der Waals surface area contributed by atoms with Crippen LogP contribution in [-0.2, 0) is 14.8 Å². The van der Waals surface area contributed by atoms with Crippen molar-refractivity contribution in [2.24, 2.45) is 0 Å². The summed E-state index contributed by atoms with van der Waals surface area (Å²) in [7, 11) is -2.58. The minimum Gasteiger partial charge on any atom is -0.495 e. The molecule has 0 spiro atoms. The molecule has 34 heavy (non-hydrogen) atoms. The van der Waals surface area contributed by atoms with Gasteiger partial charge in [-0.1, -0.05) is 42.5 Å². The number of nitro groups is 1. The predicted molar refractivity (Wildman–Crippen MR) is 130 cm³/mol. The zero-order valence-electron chi connectivity index (χ0n) is 19.2. The predicted octanol–water partition coefficient (Wildman–Crippen LogP) is 2.23. The van der Waals surface area contributed by atoms with Gasteiger partial charge in [-0.05, 0) is 11.6 Å². The third-order valence-corrected chi connectivity index (χ3v) is 6.65. The fourth-order valence-corrected chi connectivity index (χ4v) is 4.52. The molecule has 2 aromatic rings. The van der Waals surface area contributed by atoms with Crippen LogP contribution in [0.1, 0.15) is 5.56 Å². The molecular formula is C23H28N4O6S. The Balaban J connectivity index is 1.65. The van der Waals surface area contributed by atoms with E-state index in [1.807, 2.05) is 36.4 Å². The summed E-state index contributed by atoms with van der Waals surface area (Å²) in [6, 6.07) is 13.6. The maximum absolute atomic E-state index is 13.0. The number of hydrogen-bond acceptors (Lipinski definition) is 7. The van der Waals surface area contributed by atoms with E-state index in [0.29, 0.717) is 26.2 Å². The number of carbonyl (C=O) groups excluding carboxylic acids is 1. The van der Waals surface area contributed by atoms with Gasteiger partial charge in [0.05, 0.1) is 18.3 Å². The lowest BCUT2D eigenvalue weighted by atomic mass is 10.2. The van der Waals surface area contributed by atoms with E-state index in [0.717, 1.165) is 28.7 Å². The van der Waals surface area contributed by atoms with Gasteiger partial charge in [-0.3, -0.25) is 24.1 Å². The van der Waals surface area contributed by atoms with Crippen molar-refractivity contribution in [3.63, 3.8) is 0 Å². The number of ether oxygens (including phenoxy) is 1. The van der Waals surface area contributed by atoms with Crippen molar-refractivity contribution >= 4 is 33.4 Å². The third-order valence-electron chi connectivity index (χ3n) is 5.52. The zero-order chi connectivity index (χ0) is 24.7. The Kier molecular flexibility index (Phi) is 8.24. The molecular weight excluding hydrogens is 460 g/mol. The topological polar surface area (TPSA) is 113 Å². The van der Waals surface area contributed by atoms with Gasteiger partial charge in [-0.15, -0.1) is 0 Å². The molecule has 10 nitrogen and oxygen atoms in total. The zero-order valence-corrected chi connectivity index (χ0v) is 20.0. The van der Waals surface area contributed by atoms with Crippen molar-refractivity contribution in [2.45, 2.75) is 0 Å². The van der Waals surface area contributed by atoms with Crippen molar-refractivity contribution in [3.05, 3.63) is 70.3 Å². The van der Waals surface area contributed by atoms with Crippen LogP contribution in [0.2, 0.25) is 0 Å². The Morgan fingerprint density at radius 3 is 2.41 bits per heavy atom. The molecule has 0 atom stereocenters. The monoisotopic (exact) mass is 488 g/mol. The summed E-state index contributed by atoms with van der Waals surface area (Å²) in [4.78, 5) is 27.4. The van der Waals surface area contributed by atoms with Crippen LogP contribution in [0.5, 0.6) is 5.75 Å². The van der Waals surface area contributed by atoms with Crippen LogP contribution in [0.25, 0.3) is 6.08 Å². The van der Waals surface area contributed by atoms with Crippen LogP contribution in [0.4, 0.5) is 11.4 Å². The molecule has 1 saturated heterocycles. The normalized spacial score (nSPS) is 14.8. The molecule has 0 N–H and O–H groups in total. The van der Waals surface area contributed by atoms with Crippen molar-refractivity contribution in [1.29, 1.82) is 0 Å². The van der Waals surface area contributed by atoms with Gasteiger partial charge in [0.25, 0.3) is 5.69 Å². The lowest BCUT2D eigenvalue weighted by Gasteiger charge is -2.35. The number of sulfonamides is 1. The molecule has 0 unspecified atom stereocenters. The largest absolute Gasteiger partial charge is 0.495 e. The van der Waals surface area contributed by atoms with Crippen LogP contribution < -0.4 is 9.04 Å². The van der Waals surface area contributed by atoms with Crippen LogP contribution in [0, 0.1) is 10.1 Å². The molecule has 1 heterocycles. The number of piperazine rings is 1. The van der Waals surface area contributed by atoms with Gasteiger partial charge in [-0.2, -0.15) is 0 Å². The number of amides is 1. The number of nitrogens with zero attached hydrogens (tertiary/aromatic N) is 4. The molecule has 0 radical (unpaired) electrons. The van der Waals surface area contributed by atoms with Gasteiger partial charge >= 0.3 is 0 Å². The molecule has 2 aromatic carbocycles. The smallest absolute Gasteiger partial charge is 0.271 e. The minimum atomic E-state index is -3.91. The van der Waals surface area contributed by atoms with Crippen molar-refractivity contribution in [3.8, 4) is 5.75 Å². The number of non-ortho nitro benzene ring substituents is 1. The Labute approximate surface area is 199 Å². The minimum absolute atomic E-state index is 0.0442. The quantitative estimate of drug-likeness (QED) is 0.393. The first kappa shape index (κ1) is 25.2. The highest BCUT2D eigenvalue weighted by molar-refractivity contribution is 7.92. The summed E-state index contributed by atoms with van der Waals surface area (Å²) in [6.07, 6.45) is 5.08. The standard InChI is InChI=1S/C23H28N4O6S/c1-33-22-11-10-20(27(29)30)17-21(22)26(34(2,31)32)18-23(28)25-15-13-24(14-16-25)12-6-9-19-7-4-3-5-8-19/h3-11,17H,12-16,18H2,1-2H3/b9-6+. The number of rotatable bonds is 9. The maximum Gasteiger partial charge on any atom is 0.271 e. The third kappa shape index (κ3) is 6.55. The van der Waals surface area contributed by atoms with Gasteiger partial charge in [0.2, 0.25) is 15.9 Å². The summed E-state index contributed by atoms with van der Waals surface area (Å²) in [5, 5.41) is 11.2. The van der Waals surface area contributed by atoms with Gasteiger partial charge < -0.3 is 9.64 Å². The van der Waals surface area contributed by atoms with E-state index in [-0.39, 0.29) is 23.0 Å². The Morgan fingerprint density at radius 2 is 1.82 bits per heavy atom. The van der Waals surface area contributed by atoms with Gasteiger partial charge in [0, 0.05) is 44.9 Å². The van der Waals surface area contributed by atoms with Crippen LogP contribution in [-0.4, -0.2) is 81.7 Å². The number of benzene rings is 2. The van der Waals surface area contributed by atoms with E-state index in [9.17, 15) is 23.3 Å². The fraction of sp³-hybridized carbons (Fsp3) is 0.348. The Morgan fingerprint density at radius 1 is 1.15 bits per heavy atom. The molecule has 11 heteroatoms. The van der Waals surface area contributed by atoms with Gasteiger partial charge in [0.15, 0.2) is 0 Å². The first-order chi connectivity index (χ1) is 16.2. The summed E-state index contributed by atoms with van der Waals surface area (Å²) >= 11 is 0. The molecule has 3 rings (SSSR count).